The highest BCUT2D eigenvalue weighted by molar-refractivity contribution is 7.22. The lowest BCUT2D eigenvalue weighted by Crippen LogP contribution is -2.20. The number of hydrogen-bond donors (Lipinski definition) is 2. The number of fused-ring (bicyclic) bond motifs is 1. The number of rotatable bonds is 6. The minimum atomic E-state index is -0.613. The van der Waals surface area contributed by atoms with E-state index in [2.05, 4.69) is 10.3 Å². The third kappa shape index (κ3) is 4.28. The molecule has 2 aromatic carbocycles. The van der Waals surface area contributed by atoms with E-state index in [9.17, 15) is 9.59 Å². The van der Waals surface area contributed by atoms with Crippen LogP contribution in [0.1, 0.15) is 17.3 Å². The van der Waals surface area contributed by atoms with Crippen LogP contribution in [0.4, 0.5) is 10.8 Å². The average molecular weight is 371 g/mol. The molecule has 8 heteroatoms. The molecule has 26 heavy (non-hydrogen) atoms. The Morgan fingerprint density at radius 1 is 1.23 bits per heavy atom. The number of hydrogen-bond acceptors (Lipinski definition) is 7. The second-order valence-corrected chi connectivity index (χ2v) is 6.36. The number of aromatic nitrogens is 1. The highest BCUT2D eigenvalue weighted by atomic mass is 32.1. The number of esters is 1. The lowest BCUT2D eigenvalue weighted by atomic mass is 10.2. The summed E-state index contributed by atoms with van der Waals surface area (Å²) in [6.45, 7) is 2.08. The molecule has 3 N–H and O–H groups in total. The number of nitrogen functional groups attached to an aromatic ring is 1. The summed E-state index contributed by atoms with van der Waals surface area (Å²) in [5.74, 6) is -0.331. The monoisotopic (exact) mass is 371 g/mol. The predicted octanol–water partition coefficient (Wildman–Crippen LogP) is 3.07. The van der Waals surface area contributed by atoms with Crippen LogP contribution in [0.2, 0.25) is 0 Å². The van der Waals surface area contributed by atoms with Crippen molar-refractivity contribution in [3.63, 3.8) is 0 Å². The summed E-state index contributed by atoms with van der Waals surface area (Å²) in [7, 11) is 0. The molecule has 1 aromatic heterocycles. The highest BCUT2D eigenvalue weighted by Crippen LogP contribution is 2.29. The molecular weight excluding hydrogens is 354 g/mol. The number of nitrogens with one attached hydrogen (secondary N) is 1. The van der Waals surface area contributed by atoms with Crippen LogP contribution in [0, 0.1) is 0 Å². The molecule has 0 bridgehead atoms. The van der Waals surface area contributed by atoms with Crippen LogP contribution in [0.25, 0.3) is 10.2 Å². The van der Waals surface area contributed by atoms with Gasteiger partial charge in [-0.25, -0.2) is 9.78 Å². The smallest absolute Gasteiger partial charge is 0.338 e. The van der Waals surface area contributed by atoms with E-state index < -0.39 is 18.5 Å². The fourth-order valence-corrected chi connectivity index (χ4v) is 3.16. The molecule has 1 amide bonds. The van der Waals surface area contributed by atoms with Crippen LogP contribution >= 0.6 is 11.3 Å². The summed E-state index contributed by atoms with van der Waals surface area (Å²) < 4.78 is 11.3. The SMILES string of the molecule is CCOc1ccc2nc(NC(=O)COC(=O)c3cccc(N)c3)sc2c1. The van der Waals surface area contributed by atoms with Gasteiger partial charge in [0, 0.05) is 5.69 Å². The van der Waals surface area contributed by atoms with Crippen molar-refractivity contribution in [1.29, 1.82) is 0 Å². The van der Waals surface area contributed by atoms with Crippen LogP contribution in [0.5, 0.6) is 5.75 Å². The fraction of sp³-hybridized carbons (Fsp3) is 0.167. The van der Waals surface area contributed by atoms with Crippen molar-refractivity contribution in [2.75, 3.05) is 24.3 Å². The van der Waals surface area contributed by atoms with E-state index in [1.807, 2.05) is 25.1 Å². The first-order chi connectivity index (χ1) is 12.5. The summed E-state index contributed by atoms with van der Waals surface area (Å²) >= 11 is 1.32. The molecule has 7 nitrogen and oxygen atoms in total. The highest BCUT2D eigenvalue weighted by Gasteiger charge is 2.12. The van der Waals surface area contributed by atoms with E-state index in [4.69, 9.17) is 15.2 Å². The Hall–Kier alpha value is -3.13. The van der Waals surface area contributed by atoms with Crippen LogP contribution in [-0.2, 0) is 9.53 Å². The van der Waals surface area contributed by atoms with Gasteiger partial charge in [0.2, 0.25) is 0 Å². The van der Waals surface area contributed by atoms with Crippen molar-refractivity contribution in [3.05, 3.63) is 48.0 Å². The largest absolute Gasteiger partial charge is 0.494 e. The number of carbonyl (C=O) groups is 2. The van der Waals surface area contributed by atoms with Crippen LogP contribution in [0.3, 0.4) is 0 Å². The molecular formula is C18H17N3O4S. The van der Waals surface area contributed by atoms with Gasteiger partial charge in [0.25, 0.3) is 5.91 Å². The van der Waals surface area contributed by atoms with Crippen molar-refractivity contribution in [2.24, 2.45) is 0 Å². The van der Waals surface area contributed by atoms with E-state index >= 15 is 0 Å². The normalized spacial score (nSPS) is 10.5. The van der Waals surface area contributed by atoms with Gasteiger partial charge in [-0.3, -0.25) is 10.1 Å². The fourth-order valence-electron chi connectivity index (χ4n) is 2.25. The molecule has 0 radical (unpaired) electrons. The maximum atomic E-state index is 12.0. The number of thiazole rings is 1. The van der Waals surface area contributed by atoms with Crippen LogP contribution in [0.15, 0.2) is 42.5 Å². The molecule has 0 aliphatic heterocycles. The van der Waals surface area contributed by atoms with E-state index in [1.54, 1.807) is 18.2 Å². The first-order valence-electron chi connectivity index (χ1n) is 7.91. The Kier molecular flexibility index (Phi) is 5.33. The van der Waals surface area contributed by atoms with Gasteiger partial charge in [-0.15, -0.1) is 0 Å². The standard InChI is InChI=1S/C18H17N3O4S/c1-2-24-13-6-7-14-15(9-13)26-18(20-14)21-16(22)10-25-17(23)11-4-3-5-12(19)8-11/h3-9H,2,10,19H2,1H3,(H,20,21,22). The molecule has 0 unspecified atom stereocenters. The summed E-state index contributed by atoms with van der Waals surface area (Å²) in [5.41, 5.74) is 7.11. The molecule has 0 aliphatic rings. The van der Waals surface area contributed by atoms with Crippen LogP contribution < -0.4 is 15.8 Å². The number of amides is 1. The quantitative estimate of drug-likeness (QED) is 0.510. The van der Waals surface area contributed by atoms with Crippen molar-refractivity contribution < 1.29 is 19.1 Å². The molecule has 3 aromatic rings. The average Bonchev–Trinajstić information content (AvgIpc) is 3.01. The summed E-state index contributed by atoms with van der Waals surface area (Å²) in [6, 6.07) is 11.9. The number of ether oxygens (including phenoxy) is 2. The van der Waals surface area contributed by atoms with Crippen molar-refractivity contribution in [1.82, 2.24) is 4.98 Å². The molecule has 0 spiro atoms. The molecule has 0 saturated heterocycles. The van der Waals surface area contributed by atoms with Crippen molar-refractivity contribution in [3.8, 4) is 5.75 Å². The Labute approximate surface area is 153 Å². The lowest BCUT2D eigenvalue weighted by Gasteiger charge is -2.05. The molecule has 1 heterocycles. The topological polar surface area (TPSA) is 104 Å². The third-order valence-corrected chi connectivity index (χ3v) is 4.31. The predicted molar refractivity (Wildman–Crippen MR) is 101 cm³/mol. The molecule has 0 atom stereocenters. The number of anilines is 2. The van der Waals surface area contributed by atoms with Gasteiger partial charge >= 0.3 is 5.97 Å². The third-order valence-electron chi connectivity index (χ3n) is 3.37. The number of benzene rings is 2. The van der Waals surface area contributed by atoms with Gasteiger partial charge in [-0.05, 0) is 43.3 Å². The van der Waals surface area contributed by atoms with Gasteiger partial charge in [-0.2, -0.15) is 0 Å². The minimum absolute atomic E-state index is 0.293. The van der Waals surface area contributed by atoms with Gasteiger partial charge in [0.05, 0.1) is 22.4 Å². The van der Waals surface area contributed by atoms with E-state index in [-0.39, 0.29) is 0 Å². The maximum absolute atomic E-state index is 12.0. The van der Waals surface area contributed by atoms with Gasteiger partial charge in [0.1, 0.15) is 5.75 Å². The second kappa shape index (κ2) is 7.83. The van der Waals surface area contributed by atoms with Crippen LogP contribution in [-0.4, -0.2) is 30.1 Å². The Morgan fingerprint density at radius 2 is 2.08 bits per heavy atom. The van der Waals surface area contributed by atoms with Crippen molar-refractivity contribution in [2.45, 2.75) is 6.92 Å². The number of carbonyl (C=O) groups excluding carboxylic acids is 2. The summed E-state index contributed by atoms with van der Waals surface area (Å²) in [4.78, 5) is 28.2. The zero-order chi connectivity index (χ0) is 18.5. The Bertz CT molecular complexity index is 955. The lowest BCUT2D eigenvalue weighted by molar-refractivity contribution is -0.119. The molecule has 0 fully saturated rings. The Balaban J connectivity index is 1.59. The molecule has 3 rings (SSSR count). The first kappa shape index (κ1) is 17.7. The Morgan fingerprint density at radius 3 is 2.85 bits per heavy atom. The van der Waals surface area contributed by atoms with E-state index in [1.165, 1.54) is 17.4 Å². The molecule has 134 valence electrons. The number of nitrogens with zero attached hydrogens (tertiary/aromatic N) is 1. The second-order valence-electron chi connectivity index (χ2n) is 5.33. The van der Waals surface area contributed by atoms with E-state index in [0.29, 0.717) is 23.0 Å². The van der Waals surface area contributed by atoms with Crippen molar-refractivity contribution >= 4 is 44.2 Å². The molecule has 0 aliphatic carbocycles. The zero-order valence-corrected chi connectivity index (χ0v) is 14.8. The summed E-state index contributed by atoms with van der Waals surface area (Å²) in [5, 5.41) is 3.06. The summed E-state index contributed by atoms with van der Waals surface area (Å²) in [6.07, 6.45) is 0. The molecule has 0 saturated carbocycles. The first-order valence-corrected chi connectivity index (χ1v) is 8.72. The maximum Gasteiger partial charge on any atom is 0.338 e. The van der Waals surface area contributed by atoms with Gasteiger partial charge < -0.3 is 15.2 Å². The van der Waals surface area contributed by atoms with Gasteiger partial charge in [-0.1, -0.05) is 17.4 Å². The van der Waals surface area contributed by atoms with E-state index in [0.717, 1.165) is 16.0 Å². The minimum Gasteiger partial charge on any atom is -0.494 e. The number of nitrogens with two attached hydrogens (primary N) is 1. The zero-order valence-electron chi connectivity index (χ0n) is 14.0. The van der Waals surface area contributed by atoms with Gasteiger partial charge in [0.15, 0.2) is 11.7 Å².